The summed E-state index contributed by atoms with van der Waals surface area (Å²) in [5, 5.41) is 6.70. The Morgan fingerprint density at radius 1 is 1.13 bits per heavy atom. The molecule has 138 valence electrons. The molecule has 1 rings (SSSR count). The van der Waals surface area contributed by atoms with Crippen LogP contribution in [0.3, 0.4) is 0 Å². The number of aliphatic imine (C=N–C) groups is 1. The smallest absolute Gasteiger partial charge is 0.191 e. The van der Waals surface area contributed by atoms with E-state index in [9.17, 15) is 0 Å². The van der Waals surface area contributed by atoms with E-state index < -0.39 is 0 Å². The van der Waals surface area contributed by atoms with Crippen LogP contribution in [-0.2, 0) is 9.47 Å². The van der Waals surface area contributed by atoms with Crippen molar-refractivity contribution in [3.8, 4) is 0 Å². The van der Waals surface area contributed by atoms with Gasteiger partial charge in [-0.3, -0.25) is 9.89 Å². The predicted octanol–water partition coefficient (Wildman–Crippen LogP) is 1.70. The second kappa shape index (κ2) is 16.7. The van der Waals surface area contributed by atoms with Crippen molar-refractivity contribution in [1.29, 1.82) is 0 Å². The van der Waals surface area contributed by atoms with Crippen LogP contribution in [0.25, 0.3) is 0 Å². The molecular formula is C16H35IN4O2. The fourth-order valence-electron chi connectivity index (χ4n) is 2.41. The molecule has 0 spiro atoms. The fourth-order valence-corrected chi connectivity index (χ4v) is 2.41. The zero-order valence-corrected chi connectivity index (χ0v) is 17.1. The summed E-state index contributed by atoms with van der Waals surface area (Å²) in [4.78, 5) is 7.10. The number of nitrogens with zero attached hydrogens (tertiary/aromatic N) is 2. The van der Waals surface area contributed by atoms with Crippen LogP contribution in [0.4, 0.5) is 0 Å². The SMILES string of the molecule is CCNC(=NCCCN1CCOCC1)NCCCCCOC.I. The number of guanidine groups is 1. The van der Waals surface area contributed by atoms with Gasteiger partial charge in [-0.05, 0) is 32.6 Å². The third kappa shape index (κ3) is 12.9. The third-order valence-electron chi connectivity index (χ3n) is 3.67. The minimum absolute atomic E-state index is 0. The Hall–Kier alpha value is -0.120. The van der Waals surface area contributed by atoms with E-state index in [1.807, 2.05) is 0 Å². The van der Waals surface area contributed by atoms with E-state index in [4.69, 9.17) is 9.47 Å². The van der Waals surface area contributed by atoms with Gasteiger partial charge in [0.2, 0.25) is 0 Å². The molecule has 0 aromatic heterocycles. The molecule has 6 nitrogen and oxygen atoms in total. The Labute approximate surface area is 158 Å². The first-order valence-corrected chi connectivity index (χ1v) is 8.68. The minimum Gasteiger partial charge on any atom is -0.385 e. The Kier molecular flexibility index (Phi) is 16.6. The summed E-state index contributed by atoms with van der Waals surface area (Å²) < 4.78 is 10.4. The molecule has 1 heterocycles. The van der Waals surface area contributed by atoms with Crippen molar-refractivity contribution in [2.24, 2.45) is 4.99 Å². The molecule has 1 saturated heterocycles. The summed E-state index contributed by atoms with van der Waals surface area (Å²) in [6, 6.07) is 0. The highest BCUT2D eigenvalue weighted by molar-refractivity contribution is 14.0. The number of rotatable bonds is 11. The molecule has 0 aliphatic carbocycles. The molecule has 1 aliphatic heterocycles. The molecule has 7 heteroatoms. The number of methoxy groups -OCH3 is 1. The average molecular weight is 442 g/mol. The van der Waals surface area contributed by atoms with Crippen LogP contribution >= 0.6 is 24.0 Å². The van der Waals surface area contributed by atoms with E-state index in [-0.39, 0.29) is 24.0 Å². The number of halogens is 1. The number of ether oxygens (including phenoxy) is 2. The van der Waals surface area contributed by atoms with Gasteiger partial charge in [-0.25, -0.2) is 0 Å². The van der Waals surface area contributed by atoms with Gasteiger partial charge in [0.1, 0.15) is 0 Å². The highest BCUT2D eigenvalue weighted by atomic mass is 127. The molecule has 2 N–H and O–H groups in total. The topological polar surface area (TPSA) is 58.1 Å². The Morgan fingerprint density at radius 2 is 1.91 bits per heavy atom. The van der Waals surface area contributed by atoms with Crippen LogP contribution in [0.5, 0.6) is 0 Å². The molecule has 1 aliphatic rings. The van der Waals surface area contributed by atoms with Crippen molar-refractivity contribution in [2.75, 3.05) is 66.2 Å². The first-order chi connectivity index (χ1) is 10.9. The maximum Gasteiger partial charge on any atom is 0.191 e. The monoisotopic (exact) mass is 442 g/mol. The van der Waals surface area contributed by atoms with E-state index in [1.54, 1.807) is 7.11 Å². The first kappa shape index (κ1) is 22.9. The summed E-state index contributed by atoms with van der Waals surface area (Å²) >= 11 is 0. The van der Waals surface area contributed by atoms with Gasteiger partial charge in [-0.1, -0.05) is 0 Å². The minimum atomic E-state index is 0. The second-order valence-electron chi connectivity index (χ2n) is 5.55. The second-order valence-corrected chi connectivity index (χ2v) is 5.55. The van der Waals surface area contributed by atoms with Crippen LogP contribution in [0.1, 0.15) is 32.6 Å². The standard InChI is InChI=1S/C16H34N4O2.HI/c1-3-17-16(18-8-5-4-6-13-21-2)19-9-7-10-20-11-14-22-15-12-20;/h3-15H2,1-2H3,(H2,17,18,19);1H. The summed E-state index contributed by atoms with van der Waals surface area (Å²) in [7, 11) is 1.76. The number of nitrogens with one attached hydrogen (secondary N) is 2. The molecule has 0 saturated carbocycles. The van der Waals surface area contributed by atoms with Gasteiger partial charge >= 0.3 is 0 Å². The number of hydrogen-bond donors (Lipinski definition) is 2. The predicted molar refractivity (Wildman–Crippen MR) is 107 cm³/mol. The maximum absolute atomic E-state index is 5.36. The number of unbranched alkanes of at least 4 members (excludes halogenated alkanes) is 2. The van der Waals surface area contributed by atoms with Gasteiger partial charge in [0.05, 0.1) is 13.2 Å². The van der Waals surface area contributed by atoms with Crippen LogP contribution < -0.4 is 10.6 Å². The van der Waals surface area contributed by atoms with Crippen molar-refractivity contribution in [3.05, 3.63) is 0 Å². The van der Waals surface area contributed by atoms with Gasteiger partial charge in [0.15, 0.2) is 5.96 Å². The van der Waals surface area contributed by atoms with E-state index in [2.05, 4.69) is 27.4 Å². The normalized spacial score (nSPS) is 16.0. The summed E-state index contributed by atoms with van der Waals surface area (Å²) in [6.45, 7) is 10.7. The Balaban J connectivity index is 0.00000484. The van der Waals surface area contributed by atoms with Crippen LogP contribution in [0.2, 0.25) is 0 Å². The molecule has 0 aromatic rings. The van der Waals surface area contributed by atoms with Gasteiger partial charge in [-0.2, -0.15) is 0 Å². The quantitative estimate of drug-likeness (QED) is 0.221. The van der Waals surface area contributed by atoms with Crippen molar-refractivity contribution in [1.82, 2.24) is 15.5 Å². The first-order valence-electron chi connectivity index (χ1n) is 8.68. The van der Waals surface area contributed by atoms with Gasteiger partial charge in [0.25, 0.3) is 0 Å². The number of hydrogen-bond acceptors (Lipinski definition) is 4. The molecule has 0 radical (unpaired) electrons. The summed E-state index contributed by atoms with van der Waals surface area (Å²) in [5.74, 6) is 0.941. The van der Waals surface area contributed by atoms with E-state index in [1.165, 1.54) is 6.42 Å². The zero-order valence-electron chi connectivity index (χ0n) is 14.8. The van der Waals surface area contributed by atoms with Crippen LogP contribution in [-0.4, -0.2) is 77.1 Å². The lowest BCUT2D eigenvalue weighted by Crippen LogP contribution is -2.38. The molecule has 0 bridgehead atoms. The van der Waals surface area contributed by atoms with Gasteiger partial charge in [-0.15, -0.1) is 24.0 Å². The molecule has 0 aromatic carbocycles. The highest BCUT2D eigenvalue weighted by Crippen LogP contribution is 1.98. The van der Waals surface area contributed by atoms with Crippen LogP contribution in [0, 0.1) is 0 Å². The van der Waals surface area contributed by atoms with E-state index >= 15 is 0 Å². The molecule has 0 amide bonds. The highest BCUT2D eigenvalue weighted by Gasteiger charge is 2.08. The zero-order chi connectivity index (χ0) is 15.9. The molecule has 0 atom stereocenters. The largest absolute Gasteiger partial charge is 0.385 e. The Bertz CT molecular complexity index is 287. The lowest BCUT2D eigenvalue weighted by molar-refractivity contribution is 0.0377. The van der Waals surface area contributed by atoms with Crippen LogP contribution in [0.15, 0.2) is 4.99 Å². The van der Waals surface area contributed by atoms with Crippen molar-refractivity contribution in [2.45, 2.75) is 32.6 Å². The van der Waals surface area contributed by atoms with E-state index in [0.717, 1.165) is 84.3 Å². The van der Waals surface area contributed by atoms with Crippen molar-refractivity contribution in [3.63, 3.8) is 0 Å². The fraction of sp³-hybridized carbons (Fsp3) is 0.938. The molecule has 1 fully saturated rings. The molecular weight excluding hydrogens is 407 g/mol. The lowest BCUT2D eigenvalue weighted by Gasteiger charge is -2.26. The van der Waals surface area contributed by atoms with Crippen molar-refractivity contribution < 1.29 is 9.47 Å². The molecule has 23 heavy (non-hydrogen) atoms. The third-order valence-corrected chi connectivity index (χ3v) is 3.67. The van der Waals surface area contributed by atoms with Gasteiger partial charge < -0.3 is 20.1 Å². The van der Waals surface area contributed by atoms with Crippen molar-refractivity contribution >= 4 is 29.9 Å². The summed E-state index contributed by atoms with van der Waals surface area (Å²) in [6.07, 6.45) is 4.58. The molecule has 0 unspecified atom stereocenters. The lowest BCUT2D eigenvalue weighted by atomic mass is 10.2. The van der Waals surface area contributed by atoms with E-state index in [0.29, 0.717) is 0 Å². The number of morpholine rings is 1. The Morgan fingerprint density at radius 3 is 2.61 bits per heavy atom. The maximum atomic E-state index is 5.36. The summed E-state index contributed by atoms with van der Waals surface area (Å²) in [5.41, 5.74) is 0. The van der Waals surface area contributed by atoms with Gasteiger partial charge in [0, 0.05) is 53.0 Å². The average Bonchev–Trinajstić information content (AvgIpc) is 2.55.